The van der Waals surface area contributed by atoms with Crippen LogP contribution in [0.2, 0.25) is 0 Å². The summed E-state index contributed by atoms with van der Waals surface area (Å²) in [7, 11) is 0. The first-order chi connectivity index (χ1) is 15.1. The van der Waals surface area contributed by atoms with Gasteiger partial charge in [0.15, 0.2) is 16.8 Å². The van der Waals surface area contributed by atoms with Crippen molar-refractivity contribution in [2.45, 2.75) is 19.0 Å². The SMILES string of the molecule is Cc1[nH]c2ccccc2c1C(=O)CSc1nnc(-c2ccoc2C)n1-c1ccccc1. The lowest BCUT2D eigenvalue weighted by atomic mass is 10.1. The van der Waals surface area contributed by atoms with Crippen LogP contribution in [0.3, 0.4) is 0 Å². The molecule has 0 radical (unpaired) electrons. The maximum absolute atomic E-state index is 13.1. The molecule has 3 aromatic heterocycles. The normalized spacial score (nSPS) is 11.3. The van der Waals surface area contributed by atoms with Gasteiger partial charge in [-0.15, -0.1) is 10.2 Å². The molecular formula is C24H20N4O2S. The molecule has 0 atom stereocenters. The van der Waals surface area contributed by atoms with Gasteiger partial charge < -0.3 is 9.40 Å². The van der Waals surface area contributed by atoms with Gasteiger partial charge in [0, 0.05) is 27.8 Å². The largest absolute Gasteiger partial charge is 0.469 e. The second-order valence-electron chi connectivity index (χ2n) is 7.25. The predicted molar refractivity (Wildman–Crippen MR) is 122 cm³/mol. The number of thioether (sulfide) groups is 1. The van der Waals surface area contributed by atoms with E-state index in [0.717, 1.165) is 39.2 Å². The summed E-state index contributed by atoms with van der Waals surface area (Å²) in [6.07, 6.45) is 1.64. The van der Waals surface area contributed by atoms with Crippen molar-refractivity contribution in [3.63, 3.8) is 0 Å². The lowest BCUT2D eigenvalue weighted by Gasteiger charge is -2.09. The number of hydrogen-bond acceptors (Lipinski definition) is 5. The quantitative estimate of drug-likeness (QED) is 0.281. The van der Waals surface area contributed by atoms with Gasteiger partial charge in [-0.05, 0) is 38.1 Å². The number of rotatable bonds is 6. The monoisotopic (exact) mass is 428 g/mol. The fourth-order valence-corrected chi connectivity index (χ4v) is 4.63. The van der Waals surface area contributed by atoms with Crippen molar-refractivity contribution in [3.8, 4) is 17.1 Å². The highest BCUT2D eigenvalue weighted by molar-refractivity contribution is 7.99. The smallest absolute Gasteiger partial charge is 0.196 e. The number of aromatic amines is 1. The highest BCUT2D eigenvalue weighted by Crippen LogP contribution is 2.31. The van der Waals surface area contributed by atoms with E-state index in [1.54, 1.807) is 6.26 Å². The lowest BCUT2D eigenvalue weighted by molar-refractivity contribution is 0.102. The Morgan fingerprint density at radius 1 is 1.03 bits per heavy atom. The molecule has 5 aromatic rings. The summed E-state index contributed by atoms with van der Waals surface area (Å²) >= 11 is 1.38. The number of furan rings is 1. The van der Waals surface area contributed by atoms with E-state index in [1.807, 2.05) is 79.1 Å². The molecule has 0 aliphatic carbocycles. The minimum Gasteiger partial charge on any atom is -0.469 e. The molecule has 31 heavy (non-hydrogen) atoms. The summed E-state index contributed by atoms with van der Waals surface area (Å²) in [5.41, 5.74) is 4.40. The molecule has 5 rings (SSSR count). The molecule has 6 nitrogen and oxygen atoms in total. The van der Waals surface area contributed by atoms with Crippen molar-refractivity contribution in [1.29, 1.82) is 0 Å². The summed E-state index contributed by atoms with van der Waals surface area (Å²) < 4.78 is 7.44. The van der Waals surface area contributed by atoms with Crippen LogP contribution in [0.15, 0.2) is 76.5 Å². The number of H-pyrrole nitrogens is 1. The van der Waals surface area contributed by atoms with Crippen molar-refractivity contribution >= 4 is 28.4 Å². The number of Topliss-reactive ketones (excluding diaryl/α,β-unsaturated/α-hetero) is 1. The van der Waals surface area contributed by atoms with E-state index in [9.17, 15) is 4.79 Å². The van der Waals surface area contributed by atoms with Gasteiger partial charge in [-0.25, -0.2) is 0 Å². The number of nitrogens with one attached hydrogen (secondary N) is 1. The molecule has 0 unspecified atom stereocenters. The van der Waals surface area contributed by atoms with Gasteiger partial charge >= 0.3 is 0 Å². The molecule has 0 aliphatic rings. The average Bonchev–Trinajstić information content (AvgIpc) is 3.48. The number of fused-ring (bicyclic) bond motifs is 1. The van der Waals surface area contributed by atoms with E-state index in [1.165, 1.54) is 11.8 Å². The zero-order valence-electron chi connectivity index (χ0n) is 17.1. The van der Waals surface area contributed by atoms with Crippen LogP contribution in [0.5, 0.6) is 0 Å². The summed E-state index contributed by atoms with van der Waals surface area (Å²) in [6, 6.07) is 19.7. The van der Waals surface area contributed by atoms with Crippen molar-refractivity contribution in [2.24, 2.45) is 0 Å². The maximum Gasteiger partial charge on any atom is 0.196 e. The van der Waals surface area contributed by atoms with Crippen LogP contribution >= 0.6 is 11.8 Å². The van der Waals surface area contributed by atoms with E-state index in [0.29, 0.717) is 11.0 Å². The van der Waals surface area contributed by atoms with Crippen molar-refractivity contribution in [3.05, 3.63) is 83.9 Å². The third-order valence-corrected chi connectivity index (χ3v) is 6.18. The number of aromatic nitrogens is 4. The summed E-state index contributed by atoms with van der Waals surface area (Å²) in [4.78, 5) is 16.4. The molecule has 0 saturated carbocycles. The Kier molecular flexibility index (Phi) is 4.95. The van der Waals surface area contributed by atoms with E-state index in [4.69, 9.17) is 4.42 Å². The number of aryl methyl sites for hydroxylation is 2. The fourth-order valence-electron chi connectivity index (χ4n) is 3.80. The Labute approximate surface area is 183 Å². The van der Waals surface area contributed by atoms with Gasteiger partial charge in [-0.3, -0.25) is 9.36 Å². The average molecular weight is 429 g/mol. The first-order valence-electron chi connectivity index (χ1n) is 9.92. The van der Waals surface area contributed by atoms with Crippen LogP contribution in [0.4, 0.5) is 0 Å². The molecular weight excluding hydrogens is 408 g/mol. The molecule has 3 heterocycles. The minimum atomic E-state index is 0.0589. The zero-order valence-corrected chi connectivity index (χ0v) is 17.9. The highest BCUT2D eigenvalue weighted by atomic mass is 32.2. The highest BCUT2D eigenvalue weighted by Gasteiger charge is 2.21. The predicted octanol–water partition coefficient (Wildman–Crippen LogP) is 5.60. The zero-order chi connectivity index (χ0) is 21.4. The Balaban J connectivity index is 1.50. The van der Waals surface area contributed by atoms with Gasteiger partial charge in [0.05, 0.1) is 17.6 Å². The topological polar surface area (TPSA) is 76.7 Å². The Morgan fingerprint density at radius 3 is 2.58 bits per heavy atom. The molecule has 0 aliphatic heterocycles. The van der Waals surface area contributed by atoms with E-state index >= 15 is 0 Å². The number of benzene rings is 2. The molecule has 0 fully saturated rings. The number of hydrogen-bond donors (Lipinski definition) is 1. The second-order valence-corrected chi connectivity index (χ2v) is 8.19. The minimum absolute atomic E-state index is 0.0589. The number of carbonyl (C=O) groups is 1. The van der Waals surface area contributed by atoms with Crippen molar-refractivity contribution in [2.75, 3.05) is 5.75 Å². The van der Waals surface area contributed by atoms with Gasteiger partial charge in [0.1, 0.15) is 5.76 Å². The van der Waals surface area contributed by atoms with Crippen molar-refractivity contribution in [1.82, 2.24) is 19.7 Å². The number of para-hydroxylation sites is 2. The molecule has 7 heteroatoms. The van der Waals surface area contributed by atoms with Gasteiger partial charge in [-0.1, -0.05) is 48.2 Å². The van der Waals surface area contributed by atoms with E-state index in [2.05, 4.69) is 15.2 Å². The standard InChI is InChI=1S/C24H20N4O2S/c1-15-22(19-10-6-7-11-20(19)25-15)21(29)14-31-24-27-26-23(18-12-13-30-16(18)2)28(24)17-8-4-3-5-9-17/h3-13,25H,14H2,1-2H3. The van der Waals surface area contributed by atoms with Gasteiger partial charge in [-0.2, -0.15) is 0 Å². The van der Waals surface area contributed by atoms with Gasteiger partial charge in [0.2, 0.25) is 0 Å². The number of ketones is 1. The molecule has 0 bridgehead atoms. The van der Waals surface area contributed by atoms with Crippen LogP contribution in [-0.4, -0.2) is 31.3 Å². The fraction of sp³-hybridized carbons (Fsp3) is 0.125. The lowest BCUT2D eigenvalue weighted by Crippen LogP contribution is -2.06. The van der Waals surface area contributed by atoms with Gasteiger partial charge in [0.25, 0.3) is 0 Å². The van der Waals surface area contributed by atoms with Crippen LogP contribution in [0.25, 0.3) is 28.0 Å². The number of nitrogens with zero attached hydrogens (tertiary/aromatic N) is 3. The van der Waals surface area contributed by atoms with Crippen LogP contribution in [0.1, 0.15) is 21.8 Å². The third kappa shape index (κ3) is 3.47. The molecule has 1 N–H and O–H groups in total. The Hall–Kier alpha value is -3.58. The summed E-state index contributed by atoms with van der Waals surface area (Å²) in [6.45, 7) is 3.83. The van der Waals surface area contributed by atoms with Crippen LogP contribution < -0.4 is 0 Å². The first kappa shape index (κ1) is 19.4. The second kappa shape index (κ2) is 7.92. The molecule has 0 amide bonds. The van der Waals surface area contributed by atoms with E-state index < -0.39 is 0 Å². The Morgan fingerprint density at radius 2 is 1.81 bits per heavy atom. The third-order valence-electron chi connectivity index (χ3n) is 5.25. The first-order valence-corrected chi connectivity index (χ1v) is 10.9. The van der Waals surface area contributed by atoms with Crippen molar-refractivity contribution < 1.29 is 9.21 Å². The molecule has 0 spiro atoms. The van der Waals surface area contributed by atoms with Crippen LogP contribution in [0, 0.1) is 13.8 Å². The van der Waals surface area contributed by atoms with Crippen LogP contribution in [-0.2, 0) is 0 Å². The summed E-state index contributed by atoms with van der Waals surface area (Å²) in [5.74, 6) is 1.78. The summed E-state index contributed by atoms with van der Waals surface area (Å²) in [5, 5.41) is 10.4. The van der Waals surface area contributed by atoms with E-state index in [-0.39, 0.29) is 11.5 Å². The molecule has 0 saturated heterocycles. The molecule has 154 valence electrons. The number of carbonyl (C=O) groups excluding carboxylic acids is 1. The molecule has 2 aromatic carbocycles. The Bertz CT molecular complexity index is 1380. The maximum atomic E-state index is 13.1.